The van der Waals surface area contributed by atoms with Crippen molar-refractivity contribution < 1.29 is 28.7 Å². The predicted octanol–water partition coefficient (Wildman–Crippen LogP) is 6.21. The Morgan fingerprint density at radius 1 is 1.05 bits per heavy atom. The van der Waals surface area contributed by atoms with E-state index in [1.807, 2.05) is 37.3 Å². The average molecular weight is 646 g/mol. The van der Waals surface area contributed by atoms with Crippen LogP contribution in [-0.4, -0.2) is 41.2 Å². The molecule has 1 fully saturated rings. The zero-order valence-electron chi connectivity index (χ0n) is 20.5. The van der Waals surface area contributed by atoms with E-state index in [2.05, 4.69) is 22.6 Å². The van der Waals surface area contributed by atoms with Crippen molar-refractivity contribution >= 4 is 57.3 Å². The monoisotopic (exact) mass is 646 g/mol. The van der Waals surface area contributed by atoms with Crippen LogP contribution in [0.2, 0.25) is 0 Å². The molecule has 9 nitrogen and oxygen atoms in total. The van der Waals surface area contributed by atoms with Gasteiger partial charge < -0.3 is 14.2 Å². The van der Waals surface area contributed by atoms with Crippen molar-refractivity contribution in [3.8, 4) is 17.2 Å². The lowest BCUT2D eigenvalue weighted by Gasteiger charge is -2.14. The number of halogens is 1. The molecule has 0 N–H and O–H groups in total. The van der Waals surface area contributed by atoms with Crippen molar-refractivity contribution in [2.45, 2.75) is 13.5 Å². The summed E-state index contributed by atoms with van der Waals surface area (Å²) in [5.74, 6) is 1.26. The van der Waals surface area contributed by atoms with Gasteiger partial charge in [-0.2, -0.15) is 0 Å². The third kappa shape index (κ3) is 6.64. The van der Waals surface area contributed by atoms with E-state index in [4.69, 9.17) is 14.2 Å². The van der Waals surface area contributed by atoms with E-state index in [1.54, 1.807) is 24.3 Å². The Hall–Kier alpha value is -3.58. The van der Waals surface area contributed by atoms with Crippen molar-refractivity contribution in [3.05, 3.63) is 95.9 Å². The molecule has 0 bridgehead atoms. The molecule has 1 aliphatic rings. The fourth-order valence-corrected chi connectivity index (χ4v) is 5.21. The molecule has 0 spiro atoms. The number of non-ortho nitro benzene ring substituents is 1. The van der Waals surface area contributed by atoms with Crippen molar-refractivity contribution in [2.75, 3.05) is 20.3 Å². The van der Waals surface area contributed by atoms with E-state index in [0.29, 0.717) is 27.7 Å². The molecule has 0 unspecified atom stereocenters. The van der Waals surface area contributed by atoms with E-state index in [9.17, 15) is 19.7 Å². The van der Waals surface area contributed by atoms with Gasteiger partial charge in [-0.15, -0.1) is 0 Å². The topological polar surface area (TPSA) is 108 Å². The molecule has 1 heterocycles. The van der Waals surface area contributed by atoms with Crippen molar-refractivity contribution in [1.82, 2.24) is 4.90 Å². The normalized spacial score (nSPS) is 14.2. The molecule has 0 radical (unpaired) electrons. The first-order valence-corrected chi connectivity index (χ1v) is 13.3. The van der Waals surface area contributed by atoms with E-state index in [0.717, 1.165) is 26.5 Å². The maximum atomic E-state index is 12.9. The molecule has 0 atom stereocenters. The SMILES string of the molecule is COc1cc(/C=C2\SC(=O)N(CCOc3ccc(C)cc3)C2=O)cc(I)c1OCc1ccc([N+](=O)[O-])cc1. The molecular weight excluding hydrogens is 623 g/mol. The van der Waals surface area contributed by atoms with Crippen LogP contribution in [0.3, 0.4) is 0 Å². The number of nitro groups is 1. The van der Waals surface area contributed by atoms with Gasteiger partial charge in [0.2, 0.25) is 0 Å². The average Bonchev–Trinajstić information content (AvgIpc) is 3.16. The molecule has 1 saturated heterocycles. The van der Waals surface area contributed by atoms with E-state index in [-0.39, 0.29) is 36.6 Å². The Balaban J connectivity index is 1.42. The van der Waals surface area contributed by atoms with Crippen molar-refractivity contribution in [2.24, 2.45) is 0 Å². The molecule has 3 aromatic rings. The fraction of sp³-hybridized carbons (Fsp3) is 0.185. The van der Waals surface area contributed by atoms with Gasteiger partial charge in [0.05, 0.1) is 27.1 Å². The number of hydrogen-bond acceptors (Lipinski definition) is 8. The van der Waals surface area contributed by atoms with Crippen LogP contribution >= 0.6 is 34.4 Å². The highest BCUT2D eigenvalue weighted by atomic mass is 127. The van der Waals surface area contributed by atoms with Gasteiger partial charge in [0, 0.05) is 12.1 Å². The lowest BCUT2D eigenvalue weighted by atomic mass is 10.1. The van der Waals surface area contributed by atoms with Crippen LogP contribution in [-0.2, 0) is 11.4 Å². The molecule has 38 heavy (non-hydrogen) atoms. The number of rotatable bonds is 10. The first-order valence-electron chi connectivity index (χ1n) is 11.4. The maximum absolute atomic E-state index is 12.9. The molecule has 0 aliphatic carbocycles. The number of benzene rings is 3. The number of amides is 2. The number of methoxy groups -OCH3 is 1. The minimum Gasteiger partial charge on any atom is -0.493 e. The molecule has 196 valence electrons. The van der Waals surface area contributed by atoms with Gasteiger partial charge in [-0.25, -0.2) is 0 Å². The number of aryl methyl sites for hydroxylation is 1. The number of nitrogens with zero attached hydrogens (tertiary/aromatic N) is 2. The number of nitro benzene ring substituents is 1. The summed E-state index contributed by atoms with van der Waals surface area (Å²) < 4.78 is 17.9. The van der Waals surface area contributed by atoms with E-state index >= 15 is 0 Å². The Morgan fingerprint density at radius 3 is 2.42 bits per heavy atom. The third-order valence-corrected chi connectivity index (χ3v) is 7.27. The van der Waals surface area contributed by atoms with Crippen LogP contribution in [0.15, 0.2) is 65.6 Å². The summed E-state index contributed by atoms with van der Waals surface area (Å²) in [6.45, 7) is 2.51. The molecule has 2 amide bonds. The van der Waals surface area contributed by atoms with Gasteiger partial charge in [-0.05, 0) is 94.9 Å². The van der Waals surface area contributed by atoms with Crippen LogP contribution in [0.4, 0.5) is 10.5 Å². The highest BCUT2D eigenvalue weighted by molar-refractivity contribution is 14.1. The van der Waals surface area contributed by atoms with Crippen molar-refractivity contribution in [3.63, 3.8) is 0 Å². The third-order valence-electron chi connectivity index (χ3n) is 5.56. The number of hydrogen-bond donors (Lipinski definition) is 0. The zero-order valence-corrected chi connectivity index (χ0v) is 23.5. The number of ether oxygens (including phenoxy) is 3. The van der Waals surface area contributed by atoms with Crippen LogP contribution in [0.1, 0.15) is 16.7 Å². The smallest absolute Gasteiger partial charge is 0.293 e. The highest BCUT2D eigenvalue weighted by Crippen LogP contribution is 2.37. The summed E-state index contributed by atoms with van der Waals surface area (Å²) in [6, 6.07) is 17.2. The molecule has 11 heteroatoms. The Bertz CT molecular complexity index is 1390. The molecule has 3 aromatic carbocycles. The van der Waals surface area contributed by atoms with Gasteiger partial charge in [-0.3, -0.25) is 24.6 Å². The standard InChI is InChI=1S/C27H23IN2O7S/c1-17-3-9-21(10-4-17)36-12-11-29-26(31)24(38-27(29)32)15-19-13-22(28)25(23(14-19)35-2)37-16-18-5-7-20(8-6-18)30(33)34/h3-10,13-15H,11-12,16H2,1-2H3/b24-15-. The van der Waals surface area contributed by atoms with Crippen LogP contribution < -0.4 is 14.2 Å². The lowest BCUT2D eigenvalue weighted by molar-refractivity contribution is -0.384. The first-order chi connectivity index (χ1) is 18.2. The summed E-state index contributed by atoms with van der Waals surface area (Å²) >= 11 is 2.99. The quantitative estimate of drug-likeness (QED) is 0.111. The molecule has 0 aromatic heterocycles. The maximum Gasteiger partial charge on any atom is 0.293 e. The van der Waals surface area contributed by atoms with Gasteiger partial charge >= 0.3 is 0 Å². The second kappa shape index (κ2) is 12.3. The minimum absolute atomic E-state index is 0.00784. The zero-order chi connectivity index (χ0) is 27.2. The summed E-state index contributed by atoms with van der Waals surface area (Å²) in [6.07, 6.45) is 1.65. The molecule has 4 rings (SSSR count). The lowest BCUT2D eigenvalue weighted by Crippen LogP contribution is -2.32. The molecule has 0 saturated carbocycles. The number of imide groups is 1. The summed E-state index contributed by atoms with van der Waals surface area (Å²) in [5, 5.41) is 10.5. The largest absolute Gasteiger partial charge is 0.493 e. The van der Waals surface area contributed by atoms with Crippen LogP contribution in [0, 0.1) is 20.6 Å². The second-order valence-electron chi connectivity index (χ2n) is 8.24. The van der Waals surface area contributed by atoms with Gasteiger partial charge in [0.15, 0.2) is 11.5 Å². The van der Waals surface area contributed by atoms with Crippen LogP contribution in [0.5, 0.6) is 17.2 Å². The fourth-order valence-electron chi connectivity index (χ4n) is 3.57. The molecule has 1 aliphatic heterocycles. The van der Waals surface area contributed by atoms with Gasteiger partial charge in [-0.1, -0.05) is 17.7 Å². The van der Waals surface area contributed by atoms with Crippen molar-refractivity contribution in [1.29, 1.82) is 0 Å². The first kappa shape index (κ1) is 27.5. The Morgan fingerprint density at radius 2 is 1.76 bits per heavy atom. The van der Waals surface area contributed by atoms with E-state index in [1.165, 1.54) is 24.1 Å². The summed E-state index contributed by atoms with van der Waals surface area (Å²) in [4.78, 5) is 37.3. The number of carbonyl (C=O) groups excluding carboxylic acids is 2. The number of thioether (sulfide) groups is 1. The second-order valence-corrected chi connectivity index (χ2v) is 10.4. The summed E-state index contributed by atoms with van der Waals surface area (Å²) in [7, 11) is 1.51. The number of carbonyl (C=O) groups is 2. The summed E-state index contributed by atoms with van der Waals surface area (Å²) in [5.41, 5.74) is 2.56. The highest BCUT2D eigenvalue weighted by Gasteiger charge is 2.35. The minimum atomic E-state index is -0.455. The van der Waals surface area contributed by atoms with Crippen LogP contribution in [0.25, 0.3) is 6.08 Å². The van der Waals surface area contributed by atoms with E-state index < -0.39 is 4.92 Å². The molecular formula is C27H23IN2O7S. The Kier molecular flexibility index (Phi) is 8.89. The van der Waals surface area contributed by atoms with Gasteiger partial charge in [0.25, 0.3) is 16.8 Å². The predicted molar refractivity (Wildman–Crippen MR) is 152 cm³/mol. The van der Waals surface area contributed by atoms with Gasteiger partial charge in [0.1, 0.15) is 19.0 Å². The Labute approximate surface area is 237 Å².